The highest BCUT2D eigenvalue weighted by Crippen LogP contribution is 2.48. The van der Waals surface area contributed by atoms with Gasteiger partial charge in [0.15, 0.2) is 5.75 Å². The van der Waals surface area contributed by atoms with E-state index in [1.54, 1.807) is 0 Å². The number of halogens is 5. The summed E-state index contributed by atoms with van der Waals surface area (Å²) >= 11 is 29.8. The van der Waals surface area contributed by atoms with Crippen LogP contribution in [-0.4, -0.2) is 18.7 Å². The van der Waals surface area contributed by atoms with Gasteiger partial charge in [-0.3, -0.25) is 0 Å². The number of hydrogen-bond donors (Lipinski definition) is 1. The van der Waals surface area contributed by atoms with Crippen molar-refractivity contribution in [1.82, 2.24) is 5.32 Å². The molecule has 0 aliphatic carbocycles. The van der Waals surface area contributed by atoms with E-state index >= 15 is 0 Å². The number of nitrogens with one attached hydrogen (secondary N) is 1. The highest BCUT2D eigenvalue weighted by molar-refractivity contribution is 6.55. The standard InChI is InChI=1S/C12H14Cl5NO/c1-12(2,3)18-4-5-19-11-9(16)7(14)6(13)8(15)10(11)17/h18H,4-5H2,1-3H3. The van der Waals surface area contributed by atoms with Crippen LogP contribution >= 0.6 is 58.0 Å². The van der Waals surface area contributed by atoms with E-state index in [0.29, 0.717) is 13.2 Å². The first-order chi connectivity index (χ1) is 8.65. The molecule has 1 N–H and O–H groups in total. The zero-order chi connectivity index (χ0) is 14.8. The summed E-state index contributed by atoms with van der Waals surface area (Å²) < 4.78 is 5.53. The van der Waals surface area contributed by atoms with Crippen LogP contribution in [-0.2, 0) is 0 Å². The Hall–Kier alpha value is 0.430. The Morgan fingerprint density at radius 2 is 1.26 bits per heavy atom. The monoisotopic (exact) mass is 363 g/mol. The minimum absolute atomic E-state index is 0.00619. The Kier molecular flexibility index (Phi) is 6.37. The van der Waals surface area contributed by atoms with E-state index in [0.717, 1.165) is 0 Å². The van der Waals surface area contributed by atoms with E-state index in [-0.39, 0.29) is 36.4 Å². The molecule has 0 radical (unpaired) electrons. The maximum absolute atomic E-state index is 6.04. The van der Waals surface area contributed by atoms with E-state index in [9.17, 15) is 0 Å². The first kappa shape index (κ1) is 17.5. The van der Waals surface area contributed by atoms with Crippen LogP contribution in [0, 0.1) is 0 Å². The Morgan fingerprint density at radius 1 is 0.842 bits per heavy atom. The van der Waals surface area contributed by atoms with Gasteiger partial charge in [-0.1, -0.05) is 58.0 Å². The van der Waals surface area contributed by atoms with Crippen molar-refractivity contribution in [1.29, 1.82) is 0 Å². The van der Waals surface area contributed by atoms with E-state index in [1.165, 1.54) is 0 Å². The molecule has 0 unspecified atom stereocenters. The molecule has 0 aromatic heterocycles. The number of benzene rings is 1. The van der Waals surface area contributed by atoms with Crippen LogP contribution in [0.4, 0.5) is 0 Å². The van der Waals surface area contributed by atoms with E-state index < -0.39 is 0 Å². The first-order valence-electron chi connectivity index (χ1n) is 5.54. The van der Waals surface area contributed by atoms with E-state index in [1.807, 2.05) is 0 Å². The third kappa shape index (κ3) is 4.73. The Bertz CT molecular complexity index is 441. The third-order valence-corrected chi connectivity index (χ3v) is 4.42. The third-order valence-electron chi connectivity index (χ3n) is 2.17. The predicted molar refractivity (Wildman–Crippen MR) is 84.7 cm³/mol. The van der Waals surface area contributed by atoms with Gasteiger partial charge in [-0.2, -0.15) is 0 Å². The second-order valence-electron chi connectivity index (χ2n) is 4.92. The van der Waals surface area contributed by atoms with Crippen molar-refractivity contribution in [3.05, 3.63) is 25.1 Å². The fourth-order valence-electron chi connectivity index (χ4n) is 1.29. The topological polar surface area (TPSA) is 21.3 Å². The Morgan fingerprint density at radius 3 is 1.68 bits per heavy atom. The van der Waals surface area contributed by atoms with E-state index in [4.69, 9.17) is 62.7 Å². The zero-order valence-corrected chi connectivity index (χ0v) is 14.5. The maximum Gasteiger partial charge on any atom is 0.159 e. The Labute approximate surface area is 138 Å². The molecule has 0 fully saturated rings. The summed E-state index contributed by atoms with van der Waals surface area (Å²) in [7, 11) is 0. The molecule has 2 nitrogen and oxygen atoms in total. The zero-order valence-electron chi connectivity index (χ0n) is 10.7. The van der Waals surface area contributed by atoms with Crippen LogP contribution in [0.1, 0.15) is 20.8 Å². The van der Waals surface area contributed by atoms with Crippen molar-refractivity contribution in [2.45, 2.75) is 26.3 Å². The summed E-state index contributed by atoms with van der Waals surface area (Å²) in [6.07, 6.45) is 0. The van der Waals surface area contributed by atoms with Gasteiger partial charge in [0.2, 0.25) is 0 Å². The van der Waals surface area contributed by atoms with Crippen molar-refractivity contribution in [3.63, 3.8) is 0 Å². The number of rotatable bonds is 4. The quantitative estimate of drug-likeness (QED) is 0.418. The van der Waals surface area contributed by atoms with Crippen LogP contribution in [0.5, 0.6) is 5.75 Å². The van der Waals surface area contributed by atoms with Crippen LogP contribution in [0.2, 0.25) is 25.1 Å². The molecule has 1 aromatic carbocycles. The molecule has 19 heavy (non-hydrogen) atoms. The molecule has 0 aliphatic rings. The molecule has 0 bridgehead atoms. The second-order valence-corrected chi connectivity index (χ2v) is 6.81. The first-order valence-corrected chi connectivity index (χ1v) is 7.43. The second kappa shape index (κ2) is 6.93. The highest BCUT2D eigenvalue weighted by atomic mass is 35.5. The lowest BCUT2D eigenvalue weighted by Gasteiger charge is -2.21. The fourth-order valence-corrected chi connectivity index (χ4v) is 2.52. The van der Waals surface area contributed by atoms with Crippen LogP contribution in [0.15, 0.2) is 0 Å². The summed E-state index contributed by atoms with van der Waals surface area (Å²) in [5.41, 5.74) is 0.00619. The summed E-state index contributed by atoms with van der Waals surface area (Å²) in [6, 6.07) is 0. The summed E-state index contributed by atoms with van der Waals surface area (Å²) in [4.78, 5) is 0. The average Bonchev–Trinajstić information content (AvgIpc) is 2.32. The maximum atomic E-state index is 6.04. The molecule has 0 saturated carbocycles. The van der Waals surface area contributed by atoms with Crippen molar-refractivity contribution in [3.8, 4) is 5.75 Å². The van der Waals surface area contributed by atoms with Gasteiger partial charge in [-0.15, -0.1) is 0 Å². The largest absolute Gasteiger partial charge is 0.489 e. The summed E-state index contributed by atoms with van der Waals surface area (Å²) in [5.74, 6) is 0.249. The van der Waals surface area contributed by atoms with Gasteiger partial charge in [0.05, 0.1) is 15.1 Å². The minimum atomic E-state index is 0.00619. The fraction of sp³-hybridized carbons (Fsp3) is 0.500. The number of hydrogen-bond acceptors (Lipinski definition) is 2. The van der Waals surface area contributed by atoms with Crippen molar-refractivity contribution < 1.29 is 4.74 Å². The van der Waals surface area contributed by atoms with E-state index in [2.05, 4.69) is 26.1 Å². The lowest BCUT2D eigenvalue weighted by atomic mass is 10.1. The highest BCUT2D eigenvalue weighted by Gasteiger charge is 2.20. The molecule has 1 rings (SSSR count). The summed E-state index contributed by atoms with van der Waals surface area (Å²) in [6.45, 7) is 7.19. The van der Waals surface area contributed by atoms with Gasteiger partial charge in [0.25, 0.3) is 0 Å². The molecule has 0 heterocycles. The molecule has 1 aromatic rings. The smallest absolute Gasteiger partial charge is 0.159 e. The molecule has 0 saturated heterocycles. The molecule has 0 amide bonds. The van der Waals surface area contributed by atoms with Crippen LogP contribution in [0.25, 0.3) is 0 Å². The molecule has 0 aliphatic heterocycles. The molecule has 0 atom stereocenters. The van der Waals surface area contributed by atoms with Gasteiger partial charge in [0.1, 0.15) is 16.7 Å². The average molecular weight is 366 g/mol. The van der Waals surface area contributed by atoms with Gasteiger partial charge < -0.3 is 10.1 Å². The van der Waals surface area contributed by atoms with Gasteiger partial charge in [-0.25, -0.2) is 0 Å². The molecular weight excluding hydrogens is 351 g/mol. The van der Waals surface area contributed by atoms with Crippen molar-refractivity contribution in [2.75, 3.05) is 13.2 Å². The van der Waals surface area contributed by atoms with Crippen LogP contribution < -0.4 is 10.1 Å². The SMILES string of the molecule is CC(C)(C)NCCOc1c(Cl)c(Cl)c(Cl)c(Cl)c1Cl. The lowest BCUT2D eigenvalue weighted by Crippen LogP contribution is -2.38. The van der Waals surface area contributed by atoms with Gasteiger partial charge in [-0.05, 0) is 20.8 Å². The number of ether oxygens (including phenoxy) is 1. The lowest BCUT2D eigenvalue weighted by molar-refractivity contribution is 0.291. The molecule has 108 valence electrons. The normalized spacial score (nSPS) is 11.8. The Balaban J connectivity index is 2.80. The van der Waals surface area contributed by atoms with Crippen molar-refractivity contribution >= 4 is 58.0 Å². The predicted octanol–water partition coefficient (Wildman–Crippen LogP) is 5.72. The molecular formula is C12H14Cl5NO. The van der Waals surface area contributed by atoms with Crippen LogP contribution in [0.3, 0.4) is 0 Å². The van der Waals surface area contributed by atoms with Crippen molar-refractivity contribution in [2.24, 2.45) is 0 Å². The minimum Gasteiger partial charge on any atom is -0.489 e. The molecule has 7 heteroatoms. The molecule has 0 spiro atoms. The van der Waals surface area contributed by atoms with Gasteiger partial charge in [0, 0.05) is 12.1 Å². The summed E-state index contributed by atoms with van der Waals surface area (Å²) in [5, 5.41) is 3.99. The van der Waals surface area contributed by atoms with Gasteiger partial charge >= 0.3 is 0 Å².